The first kappa shape index (κ1) is 21.4. The highest BCUT2D eigenvalue weighted by Gasteiger charge is 2.30. The van der Waals surface area contributed by atoms with Crippen LogP contribution < -0.4 is 5.32 Å². The molecule has 0 aliphatic rings. The number of carbonyl (C=O) groups is 3. The average Bonchev–Trinajstić information content (AvgIpc) is 2.59. The number of nitriles is 1. The van der Waals surface area contributed by atoms with E-state index in [0.29, 0.717) is 5.56 Å². The summed E-state index contributed by atoms with van der Waals surface area (Å²) in [7, 11) is 0. The van der Waals surface area contributed by atoms with E-state index < -0.39 is 24.0 Å². The van der Waals surface area contributed by atoms with Gasteiger partial charge in [-0.2, -0.15) is 5.26 Å². The van der Waals surface area contributed by atoms with Crippen LogP contribution in [0.15, 0.2) is 18.2 Å². The van der Waals surface area contributed by atoms with Crippen molar-refractivity contribution in [1.82, 2.24) is 5.32 Å². The lowest BCUT2D eigenvalue weighted by Gasteiger charge is -2.27. The number of hydrogen-bond donors (Lipinski definition) is 1. The van der Waals surface area contributed by atoms with Gasteiger partial charge in [-0.25, -0.2) is 0 Å². The Morgan fingerprint density at radius 3 is 2.46 bits per heavy atom. The van der Waals surface area contributed by atoms with Crippen LogP contribution in [-0.4, -0.2) is 29.8 Å². The van der Waals surface area contributed by atoms with Crippen LogP contribution in [0, 0.1) is 31.1 Å². The number of rotatable bonds is 8. The molecule has 0 fully saturated rings. The van der Waals surface area contributed by atoms with E-state index in [1.165, 1.54) is 0 Å². The van der Waals surface area contributed by atoms with Crippen LogP contribution in [-0.2, 0) is 14.3 Å². The van der Waals surface area contributed by atoms with Gasteiger partial charge in [-0.15, -0.1) is 0 Å². The summed E-state index contributed by atoms with van der Waals surface area (Å²) in [6.07, 6.45) is -0.0775. The molecule has 140 valence electrons. The molecule has 6 nitrogen and oxygen atoms in total. The van der Waals surface area contributed by atoms with Gasteiger partial charge in [0.05, 0.1) is 12.5 Å². The van der Waals surface area contributed by atoms with Crippen molar-refractivity contribution in [3.63, 3.8) is 0 Å². The van der Waals surface area contributed by atoms with Crippen molar-refractivity contribution in [3.05, 3.63) is 34.9 Å². The average molecular weight is 358 g/mol. The number of aryl methyl sites for hydroxylation is 2. The number of ether oxygens (including phenoxy) is 1. The first-order valence-electron chi connectivity index (χ1n) is 8.57. The second-order valence-electron chi connectivity index (χ2n) is 6.92. The maximum atomic E-state index is 12.2. The van der Waals surface area contributed by atoms with E-state index in [0.717, 1.165) is 11.1 Å². The normalized spacial score (nSPS) is 12.8. The molecule has 0 saturated carbocycles. The Labute approximate surface area is 154 Å². The Kier molecular flexibility index (Phi) is 7.51. The second kappa shape index (κ2) is 9.14. The number of amides is 1. The minimum Gasteiger partial charge on any atom is -0.456 e. The van der Waals surface area contributed by atoms with Crippen LogP contribution in [0.3, 0.4) is 0 Å². The van der Waals surface area contributed by atoms with Crippen molar-refractivity contribution in [2.45, 2.75) is 53.0 Å². The van der Waals surface area contributed by atoms with Crippen LogP contribution in [0.2, 0.25) is 0 Å². The van der Waals surface area contributed by atoms with E-state index in [-0.39, 0.29) is 24.5 Å². The van der Waals surface area contributed by atoms with Gasteiger partial charge < -0.3 is 10.1 Å². The molecule has 0 radical (unpaired) electrons. The van der Waals surface area contributed by atoms with Crippen LogP contribution in [0.5, 0.6) is 0 Å². The third-order valence-corrected chi connectivity index (χ3v) is 4.40. The number of benzene rings is 1. The Bertz CT molecular complexity index is 734. The zero-order valence-corrected chi connectivity index (χ0v) is 16.0. The van der Waals surface area contributed by atoms with Crippen LogP contribution in [0.1, 0.15) is 55.1 Å². The second-order valence-corrected chi connectivity index (χ2v) is 6.92. The number of hydrogen-bond acceptors (Lipinski definition) is 5. The topological polar surface area (TPSA) is 96.3 Å². The zero-order valence-electron chi connectivity index (χ0n) is 16.0. The highest BCUT2D eigenvalue weighted by atomic mass is 16.5. The van der Waals surface area contributed by atoms with Gasteiger partial charge in [-0.05, 0) is 38.3 Å². The predicted octanol–water partition coefficient (Wildman–Crippen LogP) is 2.86. The Morgan fingerprint density at radius 2 is 1.88 bits per heavy atom. The van der Waals surface area contributed by atoms with Crippen molar-refractivity contribution in [3.8, 4) is 6.07 Å². The standard InChI is InChI=1S/C20H26N2O4/c1-13(2)20(5,12-21)22-18(24)11-26-19(25)9-8-17(23)16-10-14(3)6-7-15(16)4/h6-7,10,13H,8-9,11H2,1-5H3,(H,22,24)/t20-/m1/s1. The molecule has 1 aromatic rings. The fraction of sp³-hybridized carbons (Fsp3) is 0.500. The highest BCUT2D eigenvalue weighted by molar-refractivity contribution is 5.99. The summed E-state index contributed by atoms with van der Waals surface area (Å²) in [4.78, 5) is 35.9. The summed E-state index contributed by atoms with van der Waals surface area (Å²) < 4.78 is 4.90. The van der Waals surface area contributed by atoms with Gasteiger partial charge in [-0.3, -0.25) is 14.4 Å². The Morgan fingerprint density at radius 1 is 1.23 bits per heavy atom. The van der Waals surface area contributed by atoms with Crippen LogP contribution in [0.25, 0.3) is 0 Å². The summed E-state index contributed by atoms with van der Waals surface area (Å²) in [5.41, 5.74) is 1.40. The maximum absolute atomic E-state index is 12.2. The molecule has 1 rings (SSSR count). The lowest BCUT2D eigenvalue weighted by Crippen LogP contribution is -2.50. The molecule has 0 unspecified atom stereocenters. The molecule has 1 amide bonds. The maximum Gasteiger partial charge on any atom is 0.306 e. The lowest BCUT2D eigenvalue weighted by molar-refractivity contribution is -0.148. The molecular formula is C20H26N2O4. The van der Waals surface area contributed by atoms with E-state index in [4.69, 9.17) is 10.00 Å². The molecule has 1 aromatic carbocycles. The van der Waals surface area contributed by atoms with Gasteiger partial charge in [0.25, 0.3) is 5.91 Å². The van der Waals surface area contributed by atoms with Crippen molar-refractivity contribution >= 4 is 17.7 Å². The van der Waals surface area contributed by atoms with Crippen molar-refractivity contribution < 1.29 is 19.1 Å². The highest BCUT2D eigenvalue weighted by Crippen LogP contribution is 2.15. The van der Waals surface area contributed by atoms with E-state index in [1.54, 1.807) is 13.0 Å². The molecule has 0 aromatic heterocycles. The van der Waals surface area contributed by atoms with Gasteiger partial charge in [0.15, 0.2) is 12.4 Å². The molecule has 26 heavy (non-hydrogen) atoms. The summed E-state index contributed by atoms with van der Waals surface area (Å²) >= 11 is 0. The molecule has 6 heteroatoms. The summed E-state index contributed by atoms with van der Waals surface area (Å²) in [5.74, 6) is -1.40. The fourth-order valence-corrected chi connectivity index (χ4v) is 2.23. The molecule has 1 atom stereocenters. The molecule has 0 aliphatic heterocycles. The Hall–Kier alpha value is -2.68. The van der Waals surface area contributed by atoms with E-state index >= 15 is 0 Å². The summed E-state index contributed by atoms with van der Waals surface area (Å²) in [5, 5.41) is 11.7. The first-order chi connectivity index (χ1) is 12.1. The van der Waals surface area contributed by atoms with Gasteiger partial charge in [0.1, 0.15) is 5.54 Å². The molecule has 0 heterocycles. The largest absolute Gasteiger partial charge is 0.456 e. The summed E-state index contributed by atoms with van der Waals surface area (Å²) in [6.45, 7) is 8.51. The number of nitrogens with zero attached hydrogens (tertiary/aromatic N) is 1. The van der Waals surface area contributed by atoms with E-state index in [1.807, 2.05) is 45.9 Å². The minimum atomic E-state index is -1.03. The molecular weight excluding hydrogens is 332 g/mol. The quantitative estimate of drug-likeness (QED) is 0.569. The third kappa shape index (κ3) is 5.99. The van der Waals surface area contributed by atoms with Gasteiger partial charge in [-0.1, -0.05) is 31.5 Å². The zero-order chi connectivity index (χ0) is 19.9. The van der Waals surface area contributed by atoms with E-state index in [2.05, 4.69) is 5.32 Å². The Balaban J connectivity index is 2.48. The first-order valence-corrected chi connectivity index (χ1v) is 8.57. The molecule has 1 N–H and O–H groups in total. The molecule has 0 aliphatic carbocycles. The monoisotopic (exact) mass is 358 g/mol. The molecule has 0 spiro atoms. The van der Waals surface area contributed by atoms with Gasteiger partial charge >= 0.3 is 5.97 Å². The number of Topliss-reactive ketones (excluding diaryl/α,β-unsaturated/α-hetero) is 1. The van der Waals surface area contributed by atoms with Gasteiger partial charge in [0.2, 0.25) is 0 Å². The minimum absolute atomic E-state index is 0.0205. The third-order valence-electron chi connectivity index (χ3n) is 4.40. The molecule has 0 bridgehead atoms. The van der Waals surface area contributed by atoms with Crippen LogP contribution >= 0.6 is 0 Å². The predicted molar refractivity (Wildman–Crippen MR) is 97.4 cm³/mol. The van der Waals surface area contributed by atoms with Gasteiger partial charge in [0, 0.05) is 12.0 Å². The van der Waals surface area contributed by atoms with Crippen molar-refractivity contribution in [1.29, 1.82) is 5.26 Å². The van der Waals surface area contributed by atoms with Crippen molar-refractivity contribution in [2.24, 2.45) is 5.92 Å². The van der Waals surface area contributed by atoms with Crippen molar-refractivity contribution in [2.75, 3.05) is 6.61 Å². The van der Waals surface area contributed by atoms with Crippen LogP contribution in [0.4, 0.5) is 0 Å². The summed E-state index contributed by atoms with van der Waals surface area (Å²) in [6, 6.07) is 7.63. The lowest BCUT2D eigenvalue weighted by atomic mass is 9.90. The SMILES string of the molecule is Cc1ccc(C)c(C(=O)CCC(=O)OCC(=O)N[C@](C)(C#N)C(C)C)c1. The fourth-order valence-electron chi connectivity index (χ4n) is 2.23. The number of nitrogens with one attached hydrogen (secondary N) is 1. The smallest absolute Gasteiger partial charge is 0.306 e. The van der Waals surface area contributed by atoms with E-state index in [9.17, 15) is 14.4 Å². The number of carbonyl (C=O) groups excluding carboxylic acids is 3. The number of esters is 1. The molecule has 0 saturated heterocycles. The number of ketones is 1.